The van der Waals surface area contributed by atoms with E-state index in [1.807, 2.05) is 0 Å². The van der Waals surface area contributed by atoms with E-state index in [1.165, 1.54) is 0 Å². The van der Waals surface area contributed by atoms with Crippen LogP contribution >= 0.6 is 0 Å². The highest BCUT2D eigenvalue weighted by Crippen LogP contribution is 2.57. The van der Waals surface area contributed by atoms with Crippen molar-refractivity contribution in [3.8, 4) is 0 Å². The molecule has 3 nitrogen and oxygen atoms in total. The highest BCUT2D eigenvalue weighted by Gasteiger charge is 2.58. The zero-order chi connectivity index (χ0) is 7.90. The number of hydrogen-bond donors (Lipinski definition) is 2. The SMILES string of the molecule is NC(=O)C12CCNCCC1C2. The van der Waals surface area contributed by atoms with Gasteiger partial charge in [-0.05, 0) is 38.3 Å². The summed E-state index contributed by atoms with van der Waals surface area (Å²) in [5.74, 6) is 0.515. The van der Waals surface area contributed by atoms with E-state index in [1.54, 1.807) is 0 Å². The van der Waals surface area contributed by atoms with Gasteiger partial charge in [0.05, 0.1) is 5.41 Å². The summed E-state index contributed by atoms with van der Waals surface area (Å²) in [6, 6.07) is 0. The maximum atomic E-state index is 11.1. The molecular weight excluding hydrogens is 140 g/mol. The van der Waals surface area contributed by atoms with Crippen LogP contribution < -0.4 is 11.1 Å². The van der Waals surface area contributed by atoms with Gasteiger partial charge in [-0.2, -0.15) is 0 Å². The van der Waals surface area contributed by atoms with Crippen molar-refractivity contribution >= 4 is 5.91 Å². The Morgan fingerprint density at radius 2 is 2.36 bits per heavy atom. The van der Waals surface area contributed by atoms with Crippen LogP contribution in [0.4, 0.5) is 0 Å². The molecule has 0 aromatic heterocycles. The van der Waals surface area contributed by atoms with E-state index in [2.05, 4.69) is 5.32 Å². The highest BCUT2D eigenvalue weighted by molar-refractivity contribution is 5.84. The van der Waals surface area contributed by atoms with E-state index in [9.17, 15) is 4.79 Å². The van der Waals surface area contributed by atoms with E-state index >= 15 is 0 Å². The van der Waals surface area contributed by atoms with Crippen LogP contribution in [0.1, 0.15) is 19.3 Å². The number of hydrogen-bond acceptors (Lipinski definition) is 2. The Kier molecular flexibility index (Phi) is 1.42. The molecule has 1 heterocycles. The lowest BCUT2D eigenvalue weighted by atomic mass is 9.98. The molecule has 1 saturated heterocycles. The smallest absolute Gasteiger partial charge is 0.223 e. The minimum absolute atomic E-state index is 0.0776. The quantitative estimate of drug-likeness (QED) is 0.552. The largest absolute Gasteiger partial charge is 0.369 e. The second-order valence-corrected chi connectivity index (χ2v) is 3.71. The second kappa shape index (κ2) is 2.21. The third-order valence-corrected chi connectivity index (χ3v) is 3.14. The van der Waals surface area contributed by atoms with E-state index < -0.39 is 0 Å². The zero-order valence-electron chi connectivity index (χ0n) is 6.60. The van der Waals surface area contributed by atoms with E-state index in [-0.39, 0.29) is 11.3 Å². The molecule has 3 N–H and O–H groups in total. The topological polar surface area (TPSA) is 55.1 Å². The molecule has 2 aliphatic rings. The fourth-order valence-corrected chi connectivity index (χ4v) is 2.20. The van der Waals surface area contributed by atoms with Crippen molar-refractivity contribution in [2.24, 2.45) is 17.1 Å². The summed E-state index contributed by atoms with van der Waals surface area (Å²) in [6.07, 6.45) is 3.12. The third kappa shape index (κ3) is 0.948. The van der Waals surface area contributed by atoms with Gasteiger partial charge in [0.1, 0.15) is 0 Å². The van der Waals surface area contributed by atoms with Crippen LogP contribution in [0, 0.1) is 11.3 Å². The Morgan fingerprint density at radius 1 is 1.55 bits per heavy atom. The van der Waals surface area contributed by atoms with Crippen molar-refractivity contribution in [3.63, 3.8) is 0 Å². The molecule has 2 fully saturated rings. The molecule has 11 heavy (non-hydrogen) atoms. The lowest BCUT2D eigenvalue weighted by molar-refractivity contribution is -0.123. The molecule has 2 unspecified atom stereocenters. The molecule has 0 radical (unpaired) electrons. The van der Waals surface area contributed by atoms with Gasteiger partial charge in [0.2, 0.25) is 5.91 Å². The standard InChI is InChI=1S/C8H14N2O/c9-7(11)8-2-4-10-3-1-6(8)5-8/h6,10H,1-5H2,(H2,9,11). The van der Waals surface area contributed by atoms with Crippen LogP contribution in [-0.2, 0) is 4.79 Å². The predicted molar refractivity (Wildman–Crippen MR) is 41.8 cm³/mol. The van der Waals surface area contributed by atoms with Crippen LogP contribution in [0.2, 0.25) is 0 Å². The van der Waals surface area contributed by atoms with Crippen LogP contribution in [0.5, 0.6) is 0 Å². The van der Waals surface area contributed by atoms with Crippen LogP contribution in [0.3, 0.4) is 0 Å². The summed E-state index contributed by atoms with van der Waals surface area (Å²) in [6.45, 7) is 2.01. The summed E-state index contributed by atoms with van der Waals surface area (Å²) in [5, 5.41) is 3.28. The van der Waals surface area contributed by atoms with Crippen LogP contribution in [-0.4, -0.2) is 19.0 Å². The van der Waals surface area contributed by atoms with Gasteiger partial charge in [0.25, 0.3) is 0 Å². The summed E-state index contributed by atoms with van der Waals surface area (Å²) in [4.78, 5) is 11.1. The average Bonchev–Trinajstić information content (AvgIpc) is 2.57. The number of amides is 1. The monoisotopic (exact) mass is 154 g/mol. The van der Waals surface area contributed by atoms with Gasteiger partial charge in [-0.25, -0.2) is 0 Å². The molecule has 3 heteroatoms. The molecule has 1 saturated carbocycles. The van der Waals surface area contributed by atoms with Gasteiger partial charge in [-0.3, -0.25) is 4.79 Å². The predicted octanol–water partition coefficient (Wildman–Crippen LogP) is -0.139. The van der Waals surface area contributed by atoms with Gasteiger partial charge >= 0.3 is 0 Å². The van der Waals surface area contributed by atoms with Crippen molar-refractivity contribution in [2.45, 2.75) is 19.3 Å². The molecule has 62 valence electrons. The fourth-order valence-electron chi connectivity index (χ4n) is 2.20. The van der Waals surface area contributed by atoms with Crippen molar-refractivity contribution in [1.82, 2.24) is 5.32 Å². The van der Waals surface area contributed by atoms with E-state index in [4.69, 9.17) is 5.73 Å². The Hall–Kier alpha value is -0.570. The minimum atomic E-state index is -0.0937. The van der Waals surface area contributed by atoms with Crippen molar-refractivity contribution in [1.29, 1.82) is 0 Å². The molecule has 1 aliphatic heterocycles. The highest BCUT2D eigenvalue weighted by atomic mass is 16.1. The lowest BCUT2D eigenvalue weighted by Crippen LogP contribution is -2.28. The maximum absolute atomic E-state index is 11.1. The Balaban J connectivity index is 2.10. The van der Waals surface area contributed by atoms with Gasteiger partial charge < -0.3 is 11.1 Å². The first-order valence-corrected chi connectivity index (χ1v) is 4.26. The zero-order valence-corrected chi connectivity index (χ0v) is 6.60. The fraction of sp³-hybridized carbons (Fsp3) is 0.875. The van der Waals surface area contributed by atoms with Crippen molar-refractivity contribution < 1.29 is 4.79 Å². The van der Waals surface area contributed by atoms with Gasteiger partial charge in [-0.1, -0.05) is 0 Å². The number of fused-ring (bicyclic) bond motifs is 1. The normalized spacial score (nSPS) is 42.4. The number of carbonyl (C=O) groups excluding carboxylic acids is 1. The Morgan fingerprint density at radius 3 is 3.09 bits per heavy atom. The van der Waals surface area contributed by atoms with Gasteiger partial charge in [0.15, 0.2) is 0 Å². The van der Waals surface area contributed by atoms with Crippen LogP contribution in [0.25, 0.3) is 0 Å². The first-order chi connectivity index (χ1) is 5.26. The first kappa shape index (κ1) is 7.10. The number of nitrogens with two attached hydrogens (primary N) is 1. The first-order valence-electron chi connectivity index (χ1n) is 4.26. The van der Waals surface area contributed by atoms with Gasteiger partial charge in [-0.15, -0.1) is 0 Å². The second-order valence-electron chi connectivity index (χ2n) is 3.71. The van der Waals surface area contributed by atoms with Gasteiger partial charge in [0, 0.05) is 0 Å². The Labute approximate surface area is 66.3 Å². The lowest BCUT2D eigenvalue weighted by Gasteiger charge is -2.08. The van der Waals surface area contributed by atoms with E-state index in [0.717, 1.165) is 32.4 Å². The molecule has 0 bridgehead atoms. The number of carbonyl (C=O) groups is 1. The minimum Gasteiger partial charge on any atom is -0.369 e. The molecule has 1 aliphatic carbocycles. The third-order valence-electron chi connectivity index (χ3n) is 3.14. The van der Waals surface area contributed by atoms with Crippen molar-refractivity contribution in [3.05, 3.63) is 0 Å². The molecule has 2 atom stereocenters. The summed E-state index contributed by atoms with van der Waals surface area (Å²) in [7, 11) is 0. The molecule has 0 aromatic rings. The Bertz CT molecular complexity index is 193. The number of rotatable bonds is 1. The summed E-state index contributed by atoms with van der Waals surface area (Å²) < 4.78 is 0. The molecule has 1 amide bonds. The molecule has 2 rings (SSSR count). The van der Waals surface area contributed by atoms with Crippen molar-refractivity contribution in [2.75, 3.05) is 13.1 Å². The maximum Gasteiger partial charge on any atom is 0.223 e. The molecular formula is C8H14N2O. The molecule has 0 aromatic carbocycles. The number of primary amides is 1. The number of nitrogens with one attached hydrogen (secondary N) is 1. The average molecular weight is 154 g/mol. The summed E-state index contributed by atoms with van der Waals surface area (Å²) >= 11 is 0. The van der Waals surface area contributed by atoms with E-state index in [0.29, 0.717) is 5.92 Å². The molecule has 0 spiro atoms. The summed E-state index contributed by atoms with van der Waals surface area (Å²) in [5.41, 5.74) is 5.25. The van der Waals surface area contributed by atoms with Crippen LogP contribution in [0.15, 0.2) is 0 Å².